The Morgan fingerprint density at radius 3 is 2.35 bits per heavy atom. The van der Waals surface area contributed by atoms with E-state index in [-0.39, 0.29) is 11.9 Å². The van der Waals surface area contributed by atoms with Gasteiger partial charge in [-0.2, -0.15) is 0 Å². The minimum Gasteiger partial charge on any atom is -0.481 e. The molecule has 2 aromatic rings. The smallest absolute Gasteiger partial charge is 0.261 e. The second-order valence-electron chi connectivity index (χ2n) is 8.19. The number of anilines is 1. The number of nitrogens with one attached hydrogen (secondary N) is 1. The second kappa shape index (κ2) is 9.73. The van der Waals surface area contributed by atoms with E-state index in [0.29, 0.717) is 11.4 Å². The van der Waals surface area contributed by atoms with E-state index in [1.807, 2.05) is 0 Å². The number of hydrogen-bond donors (Lipinski definition) is 1. The number of rotatable bonds is 8. The lowest BCUT2D eigenvalue weighted by Crippen LogP contribution is -2.38. The van der Waals surface area contributed by atoms with Crippen molar-refractivity contribution in [2.24, 2.45) is 0 Å². The number of hydrogen-bond acceptors (Lipinski definition) is 4. The molecule has 168 valence electrons. The summed E-state index contributed by atoms with van der Waals surface area (Å²) in [7, 11) is -1.83. The standard InChI is InChI=1S/C24H32N2O4S/c1-5-23(20-11-10-18-8-6-7-9-19(18)16-20)25-24(27)17(2)30-22-14-12-21(13-15-22)26(3)31(4,28)29/h10-17,23H,5-9H2,1-4H3,(H,25,27)/t17-,23-/m1/s1. The minimum atomic E-state index is -3.33. The number of fused-ring (bicyclic) bond motifs is 1. The molecule has 0 spiro atoms. The number of aryl methyl sites for hydroxylation is 2. The molecule has 0 saturated heterocycles. The van der Waals surface area contributed by atoms with E-state index in [4.69, 9.17) is 4.74 Å². The fourth-order valence-corrected chi connectivity index (χ4v) is 4.37. The van der Waals surface area contributed by atoms with Gasteiger partial charge in [-0.15, -0.1) is 0 Å². The van der Waals surface area contributed by atoms with Crippen LogP contribution >= 0.6 is 0 Å². The lowest BCUT2D eigenvalue weighted by Gasteiger charge is -2.23. The van der Waals surface area contributed by atoms with Crippen molar-refractivity contribution in [3.8, 4) is 5.75 Å². The molecule has 1 aliphatic carbocycles. The third-order valence-electron chi connectivity index (χ3n) is 5.88. The molecule has 1 aliphatic rings. The largest absolute Gasteiger partial charge is 0.481 e. The first-order chi connectivity index (χ1) is 14.7. The molecule has 0 unspecified atom stereocenters. The molecule has 7 heteroatoms. The summed E-state index contributed by atoms with van der Waals surface area (Å²) in [5.74, 6) is 0.331. The molecule has 0 saturated carbocycles. The Morgan fingerprint density at radius 2 is 1.74 bits per heavy atom. The molecule has 0 aliphatic heterocycles. The van der Waals surface area contributed by atoms with Crippen LogP contribution in [0.2, 0.25) is 0 Å². The Balaban J connectivity index is 1.63. The third-order valence-corrected chi connectivity index (χ3v) is 7.09. The van der Waals surface area contributed by atoms with E-state index in [9.17, 15) is 13.2 Å². The Labute approximate surface area is 185 Å². The Morgan fingerprint density at radius 1 is 1.10 bits per heavy atom. The molecule has 0 fully saturated rings. The van der Waals surface area contributed by atoms with Gasteiger partial charge < -0.3 is 10.1 Å². The summed E-state index contributed by atoms with van der Waals surface area (Å²) in [4.78, 5) is 12.8. The number of nitrogens with zero attached hydrogens (tertiary/aromatic N) is 1. The highest BCUT2D eigenvalue weighted by Crippen LogP contribution is 2.26. The number of sulfonamides is 1. The maximum absolute atomic E-state index is 12.8. The Kier molecular flexibility index (Phi) is 7.26. The number of amides is 1. The van der Waals surface area contributed by atoms with Crippen molar-refractivity contribution in [3.63, 3.8) is 0 Å². The van der Waals surface area contributed by atoms with E-state index in [1.54, 1.807) is 31.2 Å². The van der Waals surface area contributed by atoms with Crippen molar-refractivity contribution in [3.05, 3.63) is 59.2 Å². The van der Waals surface area contributed by atoms with E-state index < -0.39 is 16.1 Å². The maximum atomic E-state index is 12.8. The van der Waals surface area contributed by atoms with Gasteiger partial charge in [-0.1, -0.05) is 25.1 Å². The zero-order chi connectivity index (χ0) is 22.6. The van der Waals surface area contributed by atoms with Gasteiger partial charge in [-0.3, -0.25) is 9.10 Å². The molecule has 6 nitrogen and oxygen atoms in total. The van der Waals surface area contributed by atoms with Crippen LogP contribution in [0.25, 0.3) is 0 Å². The molecular weight excluding hydrogens is 412 g/mol. The molecule has 0 heterocycles. The molecule has 2 aromatic carbocycles. The summed E-state index contributed by atoms with van der Waals surface area (Å²) in [6.07, 6.45) is 6.00. The SMILES string of the molecule is CC[C@@H](NC(=O)[C@@H](C)Oc1ccc(N(C)S(C)(=O)=O)cc1)c1ccc2c(c1)CCCC2. The van der Waals surface area contributed by atoms with Crippen LogP contribution in [0.5, 0.6) is 5.75 Å². The molecule has 3 rings (SSSR count). The van der Waals surface area contributed by atoms with Crippen molar-refractivity contribution in [1.29, 1.82) is 0 Å². The van der Waals surface area contributed by atoms with Gasteiger partial charge in [-0.25, -0.2) is 8.42 Å². The molecule has 31 heavy (non-hydrogen) atoms. The highest BCUT2D eigenvalue weighted by Gasteiger charge is 2.21. The highest BCUT2D eigenvalue weighted by molar-refractivity contribution is 7.92. The normalized spacial score (nSPS) is 15.5. The zero-order valence-corrected chi connectivity index (χ0v) is 19.5. The quantitative estimate of drug-likeness (QED) is 0.668. The van der Waals surface area contributed by atoms with Crippen LogP contribution in [0.1, 0.15) is 55.8 Å². The van der Waals surface area contributed by atoms with Gasteiger partial charge in [0.1, 0.15) is 5.75 Å². The van der Waals surface area contributed by atoms with Crippen LogP contribution in [-0.2, 0) is 27.7 Å². The van der Waals surface area contributed by atoms with Gasteiger partial charge in [0.05, 0.1) is 18.0 Å². The third kappa shape index (κ3) is 5.79. The van der Waals surface area contributed by atoms with Gasteiger partial charge in [-0.05, 0) is 80.0 Å². The molecule has 0 radical (unpaired) electrons. The molecular formula is C24H32N2O4S. The number of carbonyl (C=O) groups excluding carboxylic acids is 1. The van der Waals surface area contributed by atoms with Crippen molar-refractivity contribution in [1.82, 2.24) is 5.32 Å². The summed E-state index contributed by atoms with van der Waals surface area (Å²) in [5, 5.41) is 3.11. The van der Waals surface area contributed by atoms with Crippen LogP contribution < -0.4 is 14.4 Å². The summed E-state index contributed by atoms with van der Waals surface area (Å²) in [5.41, 5.74) is 4.50. The van der Waals surface area contributed by atoms with E-state index in [2.05, 4.69) is 30.4 Å². The monoisotopic (exact) mass is 444 g/mol. The second-order valence-corrected chi connectivity index (χ2v) is 10.2. The molecule has 0 bridgehead atoms. The van der Waals surface area contributed by atoms with Crippen molar-refractivity contribution >= 4 is 21.6 Å². The molecule has 2 atom stereocenters. The summed E-state index contributed by atoms with van der Waals surface area (Å²) >= 11 is 0. The Bertz CT molecular complexity index is 1020. The summed E-state index contributed by atoms with van der Waals surface area (Å²) < 4.78 is 30.3. The first-order valence-corrected chi connectivity index (χ1v) is 12.7. The van der Waals surface area contributed by atoms with Crippen LogP contribution in [-0.4, -0.2) is 33.7 Å². The predicted octanol–water partition coefficient (Wildman–Crippen LogP) is 4.00. The van der Waals surface area contributed by atoms with Crippen molar-refractivity contribution in [2.45, 2.75) is 58.1 Å². The summed E-state index contributed by atoms with van der Waals surface area (Å²) in [6.45, 7) is 3.78. The van der Waals surface area contributed by atoms with E-state index >= 15 is 0 Å². The summed E-state index contributed by atoms with van der Waals surface area (Å²) in [6, 6.07) is 13.2. The van der Waals surface area contributed by atoms with Crippen molar-refractivity contribution < 1.29 is 17.9 Å². The van der Waals surface area contributed by atoms with Gasteiger partial charge >= 0.3 is 0 Å². The molecule has 0 aromatic heterocycles. The first-order valence-electron chi connectivity index (χ1n) is 10.8. The zero-order valence-electron chi connectivity index (χ0n) is 18.7. The number of benzene rings is 2. The predicted molar refractivity (Wildman–Crippen MR) is 124 cm³/mol. The highest BCUT2D eigenvalue weighted by atomic mass is 32.2. The van der Waals surface area contributed by atoms with Gasteiger partial charge in [0.2, 0.25) is 10.0 Å². The first kappa shape index (κ1) is 23.1. The van der Waals surface area contributed by atoms with Crippen LogP contribution in [0.3, 0.4) is 0 Å². The Hall–Kier alpha value is -2.54. The van der Waals surface area contributed by atoms with E-state index in [0.717, 1.165) is 31.1 Å². The number of carbonyl (C=O) groups is 1. The van der Waals surface area contributed by atoms with Crippen LogP contribution in [0.4, 0.5) is 5.69 Å². The average molecular weight is 445 g/mol. The van der Waals surface area contributed by atoms with Crippen LogP contribution in [0, 0.1) is 0 Å². The average Bonchev–Trinajstić information content (AvgIpc) is 2.76. The lowest BCUT2D eigenvalue weighted by molar-refractivity contribution is -0.128. The van der Waals surface area contributed by atoms with Gasteiger partial charge in [0, 0.05) is 7.05 Å². The maximum Gasteiger partial charge on any atom is 0.261 e. The van der Waals surface area contributed by atoms with Gasteiger partial charge in [0.15, 0.2) is 6.10 Å². The number of ether oxygens (including phenoxy) is 1. The van der Waals surface area contributed by atoms with Crippen molar-refractivity contribution in [2.75, 3.05) is 17.6 Å². The lowest BCUT2D eigenvalue weighted by atomic mass is 9.89. The molecule has 1 amide bonds. The fraction of sp³-hybridized carbons (Fsp3) is 0.458. The molecule has 1 N–H and O–H groups in total. The van der Waals surface area contributed by atoms with Gasteiger partial charge in [0.25, 0.3) is 5.91 Å². The fourth-order valence-electron chi connectivity index (χ4n) is 3.86. The van der Waals surface area contributed by atoms with Crippen LogP contribution in [0.15, 0.2) is 42.5 Å². The topological polar surface area (TPSA) is 75.7 Å². The van der Waals surface area contributed by atoms with E-state index in [1.165, 1.54) is 35.3 Å². The minimum absolute atomic E-state index is 0.0587.